The first-order valence-corrected chi connectivity index (χ1v) is 9.13. The topological polar surface area (TPSA) is 35.9 Å². The smallest absolute Gasteiger partial charge is 0.312 e. The fourth-order valence-electron chi connectivity index (χ4n) is 2.21. The molecule has 5 heteroatoms. The summed E-state index contributed by atoms with van der Waals surface area (Å²) in [7, 11) is -0.0920. The number of benzene rings is 1. The van der Waals surface area contributed by atoms with Crippen LogP contribution in [0.1, 0.15) is 33.6 Å². The van der Waals surface area contributed by atoms with E-state index in [1.54, 1.807) is 0 Å². The quantitative estimate of drug-likeness (QED) is 0.761. The van der Waals surface area contributed by atoms with Crippen molar-refractivity contribution in [2.24, 2.45) is 4.36 Å². The van der Waals surface area contributed by atoms with Crippen molar-refractivity contribution in [2.45, 2.75) is 39.7 Å². The van der Waals surface area contributed by atoms with Crippen LogP contribution in [0.4, 0.5) is 10.5 Å². The monoisotopic (exact) mass is 307 g/mol. The predicted molar refractivity (Wildman–Crippen MR) is 90.6 cm³/mol. The highest BCUT2D eigenvalue weighted by Gasteiger charge is 2.31. The van der Waals surface area contributed by atoms with Crippen molar-refractivity contribution in [3.63, 3.8) is 0 Å². The van der Waals surface area contributed by atoms with Crippen molar-refractivity contribution in [3.8, 4) is 0 Å². The van der Waals surface area contributed by atoms with Crippen molar-refractivity contribution in [1.82, 2.24) is 4.90 Å². The van der Waals surface area contributed by atoms with Crippen LogP contribution in [-0.4, -0.2) is 35.3 Å². The lowest BCUT2D eigenvalue weighted by Gasteiger charge is -2.39. The number of para-hydroxylation sites is 1. The van der Waals surface area contributed by atoms with Crippen molar-refractivity contribution in [2.75, 3.05) is 23.2 Å². The van der Waals surface area contributed by atoms with E-state index in [2.05, 4.69) is 20.8 Å². The fourth-order valence-corrected chi connectivity index (χ4v) is 4.13. The van der Waals surface area contributed by atoms with Crippen LogP contribution in [0.3, 0.4) is 0 Å². The number of rotatable bonds is 5. The SMILES string of the molecule is CCCCN=S1CN(c2ccccc2)C(=O)N(C(C)C)C1. The first kappa shape index (κ1) is 16.0. The van der Waals surface area contributed by atoms with E-state index in [1.165, 1.54) is 0 Å². The Kier molecular flexibility index (Phi) is 5.79. The molecule has 1 fully saturated rings. The highest BCUT2D eigenvalue weighted by atomic mass is 32.2. The summed E-state index contributed by atoms with van der Waals surface area (Å²) in [5, 5.41) is 0. The van der Waals surface area contributed by atoms with E-state index in [9.17, 15) is 4.79 Å². The molecule has 116 valence electrons. The molecule has 1 aromatic carbocycles. The second-order valence-corrected chi connectivity index (χ2v) is 7.24. The summed E-state index contributed by atoms with van der Waals surface area (Å²) in [6.45, 7) is 7.22. The van der Waals surface area contributed by atoms with Gasteiger partial charge < -0.3 is 4.90 Å². The van der Waals surface area contributed by atoms with Crippen LogP contribution >= 0.6 is 0 Å². The maximum atomic E-state index is 12.7. The number of carbonyl (C=O) groups is 1. The molecule has 1 saturated heterocycles. The molecule has 1 unspecified atom stereocenters. The van der Waals surface area contributed by atoms with Gasteiger partial charge in [-0.05, 0) is 32.4 Å². The number of hydrogen-bond acceptors (Lipinski definition) is 2. The van der Waals surface area contributed by atoms with Crippen LogP contribution in [0.5, 0.6) is 0 Å². The average Bonchev–Trinajstić information content (AvgIpc) is 2.49. The number of nitrogens with zero attached hydrogens (tertiary/aromatic N) is 3. The minimum atomic E-state index is -0.0920. The van der Waals surface area contributed by atoms with Crippen molar-refractivity contribution >= 4 is 22.4 Å². The summed E-state index contributed by atoms with van der Waals surface area (Å²) < 4.78 is 4.81. The number of urea groups is 1. The van der Waals surface area contributed by atoms with Crippen LogP contribution in [0.15, 0.2) is 34.7 Å². The normalized spacial score (nSPS) is 19.6. The van der Waals surface area contributed by atoms with Gasteiger partial charge >= 0.3 is 6.03 Å². The molecular formula is C16H25N3OS. The van der Waals surface area contributed by atoms with Gasteiger partial charge in [-0.15, -0.1) is 0 Å². The molecule has 0 saturated carbocycles. The minimum absolute atomic E-state index is 0.0920. The van der Waals surface area contributed by atoms with Gasteiger partial charge in [-0.1, -0.05) is 42.2 Å². The zero-order chi connectivity index (χ0) is 15.2. The molecule has 0 aliphatic carbocycles. The molecule has 2 rings (SSSR count). The zero-order valence-electron chi connectivity index (χ0n) is 13.2. The Bertz CT molecular complexity index is 502. The second-order valence-electron chi connectivity index (χ2n) is 5.54. The summed E-state index contributed by atoms with van der Waals surface area (Å²) in [6.07, 6.45) is 2.29. The Morgan fingerprint density at radius 1 is 1.24 bits per heavy atom. The standard InChI is InChI=1S/C16H25N3OS/c1-4-5-11-17-21-12-18(14(2)3)16(20)19(13-21)15-9-7-6-8-10-15/h6-10,14H,4-5,11-13H2,1-3H3. The predicted octanol–water partition coefficient (Wildman–Crippen LogP) is 3.85. The largest absolute Gasteiger partial charge is 0.326 e. The molecule has 0 N–H and O–H groups in total. The van der Waals surface area contributed by atoms with E-state index in [0.29, 0.717) is 0 Å². The maximum Gasteiger partial charge on any atom is 0.326 e. The molecular weight excluding hydrogens is 282 g/mol. The highest BCUT2D eigenvalue weighted by molar-refractivity contribution is 7.87. The number of amides is 2. The van der Waals surface area contributed by atoms with Crippen LogP contribution in [0, 0.1) is 0 Å². The Hall–Kier alpha value is -1.36. The summed E-state index contributed by atoms with van der Waals surface area (Å²) >= 11 is 0. The third-order valence-corrected chi connectivity index (χ3v) is 5.20. The summed E-state index contributed by atoms with van der Waals surface area (Å²) in [6, 6.07) is 10.2. The zero-order valence-corrected chi connectivity index (χ0v) is 14.0. The number of unbranched alkanes of at least 4 members (excludes halogenated alkanes) is 1. The van der Waals surface area contributed by atoms with Crippen LogP contribution in [-0.2, 0) is 10.7 Å². The molecule has 1 heterocycles. The number of anilines is 1. The summed E-state index contributed by atoms with van der Waals surface area (Å²) in [4.78, 5) is 16.5. The van der Waals surface area contributed by atoms with Crippen LogP contribution in [0.2, 0.25) is 0 Å². The second kappa shape index (κ2) is 7.59. The van der Waals surface area contributed by atoms with Gasteiger partial charge in [-0.25, -0.2) is 4.79 Å². The molecule has 21 heavy (non-hydrogen) atoms. The molecule has 1 aliphatic rings. The van der Waals surface area contributed by atoms with Gasteiger partial charge in [0.05, 0.1) is 11.8 Å². The average molecular weight is 307 g/mol. The lowest BCUT2D eigenvalue weighted by atomic mass is 10.3. The lowest BCUT2D eigenvalue weighted by Crippen LogP contribution is -2.54. The van der Waals surface area contributed by atoms with Crippen molar-refractivity contribution < 1.29 is 4.79 Å². The van der Waals surface area contributed by atoms with Crippen molar-refractivity contribution in [1.29, 1.82) is 0 Å². The van der Waals surface area contributed by atoms with Gasteiger partial charge in [0.25, 0.3) is 0 Å². The molecule has 0 aromatic heterocycles. The van der Waals surface area contributed by atoms with E-state index in [-0.39, 0.29) is 22.8 Å². The van der Waals surface area contributed by atoms with Gasteiger partial charge in [0.2, 0.25) is 0 Å². The number of carbonyl (C=O) groups excluding carboxylic acids is 1. The van der Waals surface area contributed by atoms with Crippen LogP contribution in [0.25, 0.3) is 0 Å². The Morgan fingerprint density at radius 3 is 2.57 bits per heavy atom. The van der Waals surface area contributed by atoms with Gasteiger partial charge in [-0.3, -0.25) is 9.26 Å². The third kappa shape index (κ3) is 4.06. The molecule has 4 nitrogen and oxygen atoms in total. The van der Waals surface area contributed by atoms with E-state index in [0.717, 1.165) is 36.8 Å². The summed E-state index contributed by atoms with van der Waals surface area (Å²) in [5.41, 5.74) is 0.969. The first-order valence-electron chi connectivity index (χ1n) is 7.61. The fraction of sp³-hybridized carbons (Fsp3) is 0.562. The molecule has 1 aromatic rings. The van der Waals surface area contributed by atoms with E-state index in [4.69, 9.17) is 4.36 Å². The van der Waals surface area contributed by atoms with Crippen molar-refractivity contribution in [3.05, 3.63) is 30.3 Å². The minimum Gasteiger partial charge on any atom is -0.312 e. The van der Waals surface area contributed by atoms with Crippen LogP contribution < -0.4 is 4.90 Å². The van der Waals surface area contributed by atoms with Gasteiger partial charge in [-0.2, -0.15) is 0 Å². The van der Waals surface area contributed by atoms with E-state index < -0.39 is 0 Å². The Morgan fingerprint density at radius 2 is 1.95 bits per heavy atom. The Labute approximate surface area is 130 Å². The van der Waals surface area contributed by atoms with Gasteiger partial charge in [0, 0.05) is 18.3 Å². The lowest BCUT2D eigenvalue weighted by molar-refractivity contribution is 0.200. The molecule has 1 aliphatic heterocycles. The summed E-state index contributed by atoms with van der Waals surface area (Å²) in [5.74, 6) is 1.49. The van der Waals surface area contributed by atoms with E-state index >= 15 is 0 Å². The first-order chi connectivity index (χ1) is 10.1. The molecule has 0 spiro atoms. The highest BCUT2D eigenvalue weighted by Crippen LogP contribution is 2.22. The third-order valence-electron chi connectivity index (χ3n) is 3.52. The number of hydrogen-bond donors (Lipinski definition) is 0. The molecule has 0 bridgehead atoms. The van der Waals surface area contributed by atoms with Gasteiger partial charge in [0.1, 0.15) is 0 Å². The Balaban J connectivity index is 2.22. The van der Waals surface area contributed by atoms with E-state index in [1.807, 2.05) is 40.1 Å². The molecule has 2 amide bonds. The maximum absolute atomic E-state index is 12.7. The molecule has 0 radical (unpaired) electrons. The molecule has 1 atom stereocenters. The van der Waals surface area contributed by atoms with Gasteiger partial charge in [0.15, 0.2) is 0 Å².